The van der Waals surface area contributed by atoms with Crippen LogP contribution in [-0.2, 0) is 7.05 Å². The van der Waals surface area contributed by atoms with Gasteiger partial charge in [-0.2, -0.15) is 0 Å². The molecule has 0 spiro atoms. The Balaban J connectivity index is 2.28. The highest BCUT2D eigenvalue weighted by atomic mass is 15.1. The van der Waals surface area contributed by atoms with Gasteiger partial charge in [0, 0.05) is 12.6 Å². The van der Waals surface area contributed by atoms with Gasteiger partial charge in [-0.1, -0.05) is 0 Å². The van der Waals surface area contributed by atoms with Gasteiger partial charge >= 0.3 is 0 Å². The molecule has 0 amide bonds. The molecule has 0 atom stereocenters. The van der Waals surface area contributed by atoms with E-state index in [2.05, 4.69) is 30.5 Å². The Kier molecular flexibility index (Phi) is 2.90. The Morgan fingerprint density at radius 3 is 2.24 bits per heavy atom. The minimum atomic E-state index is 0.601. The first-order valence-electron chi connectivity index (χ1n) is 6.98. The van der Waals surface area contributed by atoms with Crippen LogP contribution in [0.25, 0.3) is 22.4 Å². The molecule has 1 heterocycles. The van der Waals surface area contributed by atoms with E-state index in [1.165, 1.54) is 11.1 Å². The van der Waals surface area contributed by atoms with Crippen molar-refractivity contribution >= 4 is 22.4 Å². The summed E-state index contributed by atoms with van der Waals surface area (Å²) in [5, 5.41) is 0. The Morgan fingerprint density at radius 1 is 0.905 bits per heavy atom. The molecule has 21 heavy (non-hydrogen) atoms. The molecule has 0 saturated carbocycles. The molecular formula is C17H20N4. The number of imidazole rings is 1. The van der Waals surface area contributed by atoms with E-state index in [0.29, 0.717) is 11.4 Å². The lowest BCUT2D eigenvalue weighted by Crippen LogP contribution is -2.00. The van der Waals surface area contributed by atoms with Crippen LogP contribution < -0.4 is 11.5 Å². The molecule has 4 N–H and O–H groups in total. The van der Waals surface area contributed by atoms with E-state index < -0.39 is 0 Å². The summed E-state index contributed by atoms with van der Waals surface area (Å²) < 4.78 is 2.10. The second-order valence-corrected chi connectivity index (χ2v) is 5.72. The molecular weight excluding hydrogens is 260 g/mol. The average molecular weight is 280 g/mol. The average Bonchev–Trinajstić information content (AvgIpc) is 2.73. The second-order valence-electron chi connectivity index (χ2n) is 5.72. The zero-order valence-corrected chi connectivity index (χ0v) is 12.9. The fraction of sp³-hybridized carbons (Fsp3) is 0.235. The number of nitrogens with two attached hydrogens (primary N) is 2. The van der Waals surface area contributed by atoms with Crippen molar-refractivity contribution in [1.29, 1.82) is 0 Å². The summed E-state index contributed by atoms with van der Waals surface area (Å²) in [7, 11) is 2.03. The summed E-state index contributed by atoms with van der Waals surface area (Å²) >= 11 is 0. The number of hydrogen-bond donors (Lipinski definition) is 2. The van der Waals surface area contributed by atoms with E-state index in [1.807, 2.05) is 26.1 Å². The summed E-state index contributed by atoms with van der Waals surface area (Å²) in [5.74, 6) is 0.907. The molecule has 2 aromatic carbocycles. The molecule has 4 heteroatoms. The lowest BCUT2D eigenvalue weighted by molar-refractivity contribution is 0.958. The number of nitrogens with zero attached hydrogens (tertiary/aromatic N) is 2. The molecule has 0 fully saturated rings. The number of aryl methyl sites for hydroxylation is 4. The third kappa shape index (κ3) is 2.03. The third-order valence-electron chi connectivity index (χ3n) is 4.17. The van der Waals surface area contributed by atoms with Gasteiger partial charge in [0.2, 0.25) is 0 Å². The van der Waals surface area contributed by atoms with Crippen LogP contribution in [0.3, 0.4) is 0 Å². The number of rotatable bonds is 1. The molecule has 0 aliphatic carbocycles. The van der Waals surface area contributed by atoms with E-state index in [9.17, 15) is 0 Å². The maximum Gasteiger partial charge on any atom is 0.140 e. The van der Waals surface area contributed by atoms with Gasteiger partial charge in [0.1, 0.15) is 5.82 Å². The summed E-state index contributed by atoms with van der Waals surface area (Å²) in [6.45, 7) is 6.19. The largest absolute Gasteiger partial charge is 0.397 e. The molecule has 0 radical (unpaired) electrons. The molecule has 0 aliphatic heterocycles. The molecule has 4 nitrogen and oxygen atoms in total. The highest BCUT2D eigenvalue weighted by molar-refractivity contribution is 5.84. The van der Waals surface area contributed by atoms with Crippen LogP contribution in [0.1, 0.15) is 16.7 Å². The monoisotopic (exact) mass is 280 g/mol. The first-order chi connectivity index (χ1) is 9.88. The van der Waals surface area contributed by atoms with Gasteiger partial charge in [0.05, 0.1) is 22.4 Å². The standard InChI is InChI=1S/C17H20N4/c1-9-6-14-15(7-10(9)2)21(4)17(20-14)12-5-11(3)16(19)13(18)8-12/h5-8H,18-19H2,1-4H3. The first-order valence-corrected chi connectivity index (χ1v) is 6.98. The van der Waals surface area contributed by atoms with Crippen molar-refractivity contribution in [3.63, 3.8) is 0 Å². The summed E-state index contributed by atoms with van der Waals surface area (Å²) in [5.41, 5.74) is 19.8. The van der Waals surface area contributed by atoms with Crippen LogP contribution in [-0.4, -0.2) is 9.55 Å². The van der Waals surface area contributed by atoms with Gasteiger partial charge in [-0.05, 0) is 61.7 Å². The molecule has 0 aliphatic rings. The van der Waals surface area contributed by atoms with Crippen molar-refractivity contribution in [3.8, 4) is 11.4 Å². The van der Waals surface area contributed by atoms with E-state index in [1.54, 1.807) is 0 Å². The maximum absolute atomic E-state index is 5.99. The minimum absolute atomic E-state index is 0.601. The number of hydrogen-bond acceptors (Lipinski definition) is 3. The number of fused-ring (bicyclic) bond motifs is 1. The number of anilines is 2. The van der Waals surface area contributed by atoms with Gasteiger partial charge in [-0.3, -0.25) is 0 Å². The van der Waals surface area contributed by atoms with Crippen LogP contribution in [0.15, 0.2) is 24.3 Å². The van der Waals surface area contributed by atoms with Crippen LogP contribution in [0, 0.1) is 20.8 Å². The van der Waals surface area contributed by atoms with Crippen molar-refractivity contribution in [2.24, 2.45) is 7.05 Å². The quantitative estimate of drug-likeness (QED) is 0.672. The molecule has 3 aromatic rings. The Bertz CT molecular complexity index is 836. The number of nitrogen functional groups attached to an aromatic ring is 2. The van der Waals surface area contributed by atoms with Gasteiger partial charge in [0.15, 0.2) is 0 Å². The zero-order valence-electron chi connectivity index (χ0n) is 12.9. The van der Waals surface area contributed by atoms with Gasteiger partial charge in [-0.15, -0.1) is 0 Å². The van der Waals surface area contributed by atoms with Gasteiger partial charge < -0.3 is 16.0 Å². The summed E-state index contributed by atoms with van der Waals surface area (Å²) in [6, 6.07) is 8.23. The Morgan fingerprint density at radius 2 is 1.57 bits per heavy atom. The summed E-state index contributed by atoms with van der Waals surface area (Å²) in [6.07, 6.45) is 0. The van der Waals surface area contributed by atoms with Crippen LogP contribution in [0.2, 0.25) is 0 Å². The molecule has 3 rings (SSSR count). The second kappa shape index (κ2) is 4.52. The van der Waals surface area contributed by atoms with E-state index in [0.717, 1.165) is 28.0 Å². The molecule has 0 bridgehead atoms. The van der Waals surface area contributed by atoms with Gasteiger partial charge in [-0.25, -0.2) is 4.98 Å². The van der Waals surface area contributed by atoms with E-state index >= 15 is 0 Å². The Labute approximate surface area is 124 Å². The van der Waals surface area contributed by atoms with Crippen molar-refractivity contribution in [2.45, 2.75) is 20.8 Å². The van der Waals surface area contributed by atoms with Crippen molar-refractivity contribution in [2.75, 3.05) is 11.5 Å². The lowest BCUT2D eigenvalue weighted by atomic mass is 10.1. The highest BCUT2D eigenvalue weighted by Gasteiger charge is 2.13. The molecule has 0 saturated heterocycles. The molecule has 1 aromatic heterocycles. The highest BCUT2D eigenvalue weighted by Crippen LogP contribution is 2.30. The fourth-order valence-electron chi connectivity index (χ4n) is 2.66. The maximum atomic E-state index is 5.99. The predicted molar refractivity (Wildman–Crippen MR) is 89.2 cm³/mol. The number of aromatic nitrogens is 2. The predicted octanol–water partition coefficient (Wildman–Crippen LogP) is 3.33. The SMILES string of the molecule is Cc1cc2nc(-c3cc(C)c(N)c(N)c3)n(C)c2cc1C. The van der Waals surface area contributed by atoms with E-state index in [4.69, 9.17) is 16.5 Å². The van der Waals surface area contributed by atoms with Crippen LogP contribution in [0.4, 0.5) is 11.4 Å². The first kappa shape index (κ1) is 13.5. The van der Waals surface area contributed by atoms with Gasteiger partial charge in [0.25, 0.3) is 0 Å². The van der Waals surface area contributed by atoms with Crippen LogP contribution >= 0.6 is 0 Å². The van der Waals surface area contributed by atoms with Crippen molar-refractivity contribution < 1.29 is 0 Å². The Hall–Kier alpha value is -2.49. The van der Waals surface area contributed by atoms with Crippen LogP contribution in [0.5, 0.6) is 0 Å². The number of benzene rings is 2. The van der Waals surface area contributed by atoms with E-state index in [-0.39, 0.29) is 0 Å². The van der Waals surface area contributed by atoms with Crippen molar-refractivity contribution in [3.05, 3.63) is 41.0 Å². The van der Waals surface area contributed by atoms with Crippen molar-refractivity contribution in [1.82, 2.24) is 9.55 Å². The topological polar surface area (TPSA) is 69.9 Å². The third-order valence-corrected chi connectivity index (χ3v) is 4.17. The molecule has 108 valence electrons. The molecule has 0 unspecified atom stereocenters. The smallest absolute Gasteiger partial charge is 0.140 e. The zero-order chi connectivity index (χ0) is 15.3. The minimum Gasteiger partial charge on any atom is -0.397 e. The fourth-order valence-corrected chi connectivity index (χ4v) is 2.66. The summed E-state index contributed by atoms with van der Waals surface area (Å²) in [4.78, 5) is 4.76. The normalized spacial score (nSPS) is 11.2. The lowest BCUT2D eigenvalue weighted by Gasteiger charge is -2.09.